The smallest absolute Gasteiger partial charge is 0.322 e. The zero-order chi connectivity index (χ0) is 11.4. The van der Waals surface area contributed by atoms with Crippen LogP contribution in [0.25, 0.3) is 0 Å². The maximum Gasteiger partial charge on any atom is 0.322 e. The number of carboxylic acids is 1. The predicted molar refractivity (Wildman–Crippen MR) is 55.5 cm³/mol. The van der Waals surface area contributed by atoms with Gasteiger partial charge < -0.3 is 10.0 Å². The van der Waals surface area contributed by atoms with E-state index >= 15 is 0 Å². The first kappa shape index (κ1) is 12.0. The van der Waals surface area contributed by atoms with E-state index in [9.17, 15) is 9.59 Å². The molecule has 0 spiro atoms. The summed E-state index contributed by atoms with van der Waals surface area (Å²) < 4.78 is 0. The van der Waals surface area contributed by atoms with Crippen molar-refractivity contribution >= 4 is 11.9 Å². The van der Waals surface area contributed by atoms with Gasteiger partial charge in [-0.15, -0.1) is 0 Å². The molecular formula is C10H18N2O3. The first-order valence-electron chi connectivity index (χ1n) is 5.24. The van der Waals surface area contributed by atoms with E-state index < -0.39 is 12.0 Å². The lowest BCUT2D eigenvalue weighted by Gasteiger charge is -2.31. The Kier molecular flexibility index (Phi) is 4.08. The van der Waals surface area contributed by atoms with Crippen molar-refractivity contribution in [1.29, 1.82) is 0 Å². The molecule has 1 heterocycles. The molecule has 1 amide bonds. The number of piperazine rings is 1. The Balaban J connectivity index is 2.46. The number of nitrogens with one attached hydrogen (secondary N) is 1. The molecule has 1 aliphatic rings. The summed E-state index contributed by atoms with van der Waals surface area (Å²) in [6.07, 6.45) is 0.915. The Morgan fingerprint density at radius 3 is 2.87 bits per heavy atom. The number of nitrogens with zero attached hydrogens (tertiary/aromatic N) is 1. The highest BCUT2D eigenvalue weighted by Crippen LogP contribution is 2.06. The molecular weight excluding hydrogens is 196 g/mol. The first-order chi connectivity index (χ1) is 7.00. The highest BCUT2D eigenvalue weighted by atomic mass is 16.4. The molecule has 0 radical (unpaired) electrons. The maximum absolute atomic E-state index is 11.4. The second kappa shape index (κ2) is 5.11. The molecule has 1 aliphatic heterocycles. The van der Waals surface area contributed by atoms with E-state index in [0.717, 1.165) is 6.42 Å². The van der Waals surface area contributed by atoms with Crippen molar-refractivity contribution in [3.63, 3.8) is 0 Å². The van der Waals surface area contributed by atoms with Gasteiger partial charge in [0.25, 0.3) is 0 Å². The number of hydrogen-bond donors (Lipinski definition) is 2. The van der Waals surface area contributed by atoms with E-state index in [0.29, 0.717) is 12.5 Å². The van der Waals surface area contributed by atoms with E-state index in [1.54, 1.807) is 4.90 Å². The van der Waals surface area contributed by atoms with Crippen LogP contribution in [0.3, 0.4) is 0 Å². The molecule has 0 aromatic heterocycles. The molecule has 5 heteroatoms. The molecule has 0 aliphatic carbocycles. The van der Waals surface area contributed by atoms with Crippen LogP contribution in [0.4, 0.5) is 0 Å². The lowest BCUT2D eigenvalue weighted by molar-refractivity contribution is -0.144. The van der Waals surface area contributed by atoms with Crippen LogP contribution in [0.5, 0.6) is 0 Å². The van der Waals surface area contributed by atoms with Crippen LogP contribution in [0.1, 0.15) is 20.3 Å². The summed E-state index contributed by atoms with van der Waals surface area (Å²) >= 11 is 0. The Morgan fingerprint density at radius 1 is 1.67 bits per heavy atom. The van der Waals surface area contributed by atoms with Gasteiger partial charge in [-0.05, 0) is 12.3 Å². The minimum Gasteiger partial charge on any atom is -0.480 e. The molecule has 1 atom stereocenters. The van der Waals surface area contributed by atoms with E-state index in [1.807, 2.05) is 0 Å². The third-order valence-electron chi connectivity index (χ3n) is 2.53. The molecule has 1 unspecified atom stereocenters. The van der Waals surface area contributed by atoms with Gasteiger partial charge in [-0.3, -0.25) is 14.9 Å². The highest BCUT2D eigenvalue weighted by Gasteiger charge is 2.28. The summed E-state index contributed by atoms with van der Waals surface area (Å²) in [5, 5.41) is 11.5. The monoisotopic (exact) mass is 214 g/mol. The van der Waals surface area contributed by atoms with Crippen molar-refractivity contribution < 1.29 is 14.7 Å². The maximum atomic E-state index is 11.4. The topological polar surface area (TPSA) is 69.6 Å². The molecule has 2 N–H and O–H groups in total. The van der Waals surface area contributed by atoms with Gasteiger partial charge in [0.2, 0.25) is 5.91 Å². The van der Waals surface area contributed by atoms with Gasteiger partial charge in [0, 0.05) is 13.1 Å². The summed E-state index contributed by atoms with van der Waals surface area (Å²) in [6, 6.07) is -0.616. The Bertz CT molecular complexity index is 253. The number of aliphatic carboxylic acids is 1. The van der Waals surface area contributed by atoms with Crippen molar-refractivity contribution in [2.75, 3.05) is 19.6 Å². The second-order valence-electron chi connectivity index (χ2n) is 4.29. The fraction of sp³-hybridized carbons (Fsp3) is 0.800. The van der Waals surface area contributed by atoms with Gasteiger partial charge in [-0.1, -0.05) is 13.8 Å². The summed E-state index contributed by atoms with van der Waals surface area (Å²) in [6.45, 7) is 5.24. The Morgan fingerprint density at radius 2 is 2.33 bits per heavy atom. The van der Waals surface area contributed by atoms with Gasteiger partial charge in [0.15, 0.2) is 0 Å². The Hall–Kier alpha value is -1.10. The lowest BCUT2D eigenvalue weighted by Crippen LogP contribution is -2.57. The third kappa shape index (κ3) is 3.51. The van der Waals surface area contributed by atoms with Crippen molar-refractivity contribution in [2.45, 2.75) is 26.3 Å². The number of carboxylic acid groups (broad SMARTS) is 1. The molecule has 1 saturated heterocycles. The van der Waals surface area contributed by atoms with E-state index in [2.05, 4.69) is 19.2 Å². The van der Waals surface area contributed by atoms with E-state index in [-0.39, 0.29) is 19.0 Å². The average molecular weight is 214 g/mol. The average Bonchev–Trinajstić information content (AvgIpc) is 2.16. The zero-order valence-corrected chi connectivity index (χ0v) is 9.19. The fourth-order valence-corrected chi connectivity index (χ4v) is 1.50. The predicted octanol–water partition coefficient (Wildman–Crippen LogP) is -0.0825. The molecule has 0 aromatic rings. The van der Waals surface area contributed by atoms with Gasteiger partial charge >= 0.3 is 5.97 Å². The van der Waals surface area contributed by atoms with Crippen LogP contribution >= 0.6 is 0 Å². The summed E-state index contributed by atoms with van der Waals surface area (Å²) in [7, 11) is 0. The van der Waals surface area contributed by atoms with Crippen LogP contribution in [-0.4, -0.2) is 47.6 Å². The Labute approximate surface area is 89.4 Å². The molecule has 5 nitrogen and oxygen atoms in total. The normalized spacial score (nSPS) is 22.2. The quantitative estimate of drug-likeness (QED) is 0.686. The minimum atomic E-state index is -0.892. The number of rotatable bonds is 4. The molecule has 0 saturated carbocycles. The highest BCUT2D eigenvalue weighted by molar-refractivity contribution is 5.83. The SMILES string of the molecule is CC(C)CCN1CC(C(=O)O)NCC1=O. The molecule has 15 heavy (non-hydrogen) atoms. The van der Waals surface area contributed by atoms with Crippen molar-refractivity contribution in [3.8, 4) is 0 Å². The molecule has 1 rings (SSSR count). The summed E-state index contributed by atoms with van der Waals surface area (Å²) in [5.74, 6) is -0.374. The second-order valence-corrected chi connectivity index (χ2v) is 4.29. The van der Waals surface area contributed by atoms with Crippen molar-refractivity contribution in [1.82, 2.24) is 10.2 Å². The van der Waals surface area contributed by atoms with Crippen LogP contribution in [0.2, 0.25) is 0 Å². The van der Waals surface area contributed by atoms with Crippen LogP contribution in [0, 0.1) is 5.92 Å². The van der Waals surface area contributed by atoms with Crippen LogP contribution in [0.15, 0.2) is 0 Å². The van der Waals surface area contributed by atoms with E-state index in [4.69, 9.17) is 5.11 Å². The van der Waals surface area contributed by atoms with Gasteiger partial charge in [0.05, 0.1) is 6.54 Å². The number of hydrogen-bond acceptors (Lipinski definition) is 3. The number of carbonyl (C=O) groups is 2. The van der Waals surface area contributed by atoms with E-state index in [1.165, 1.54) is 0 Å². The number of amides is 1. The summed E-state index contributed by atoms with van der Waals surface area (Å²) in [4.78, 5) is 23.8. The molecule has 0 bridgehead atoms. The van der Waals surface area contributed by atoms with Crippen LogP contribution < -0.4 is 5.32 Å². The largest absolute Gasteiger partial charge is 0.480 e. The standard InChI is InChI=1S/C10H18N2O3/c1-7(2)3-4-12-6-8(10(14)15)11-5-9(12)13/h7-8,11H,3-6H2,1-2H3,(H,14,15). The number of carbonyl (C=O) groups excluding carboxylic acids is 1. The van der Waals surface area contributed by atoms with Crippen LogP contribution in [-0.2, 0) is 9.59 Å². The van der Waals surface area contributed by atoms with Gasteiger partial charge in [-0.25, -0.2) is 0 Å². The zero-order valence-electron chi connectivity index (χ0n) is 9.19. The minimum absolute atomic E-state index is 0.00634. The van der Waals surface area contributed by atoms with Crippen molar-refractivity contribution in [2.24, 2.45) is 5.92 Å². The van der Waals surface area contributed by atoms with Gasteiger partial charge in [0.1, 0.15) is 6.04 Å². The fourth-order valence-electron chi connectivity index (χ4n) is 1.50. The molecule has 86 valence electrons. The lowest BCUT2D eigenvalue weighted by atomic mass is 10.1. The third-order valence-corrected chi connectivity index (χ3v) is 2.53. The molecule has 1 fully saturated rings. The summed E-state index contributed by atoms with van der Waals surface area (Å²) in [5.41, 5.74) is 0. The first-order valence-corrected chi connectivity index (χ1v) is 5.24. The van der Waals surface area contributed by atoms with Gasteiger partial charge in [-0.2, -0.15) is 0 Å². The molecule has 0 aromatic carbocycles. The van der Waals surface area contributed by atoms with Crippen molar-refractivity contribution in [3.05, 3.63) is 0 Å².